The van der Waals surface area contributed by atoms with E-state index in [1.54, 1.807) is 0 Å². The summed E-state index contributed by atoms with van der Waals surface area (Å²) < 4.78 is 0. The predicted octanol–water partition coefficient (Wildman–Crippen LogP) is 4.46. The molecule has 2 aromatic heterocycles. The van der Waals surface area contributed by atoms with Crippen molar-refractivity contribution in [3.63, 3.8) is 0 Å². The molecule has 0 aliphatic rings. The molecule has 0 aliphatic carbocycles. The molecule has 23 heavy (non-hydrogen) atoms. The summed E-state index contributed by atoms with van der Waals surface area (Å²) >= 11 is 7.76. The first-order valence-electron chi connectivity index (χ1n) is 7.01. The Labute approximate surface area is 143 Å². The molecule has 0 atom stereocenters. The van der Waals surface area contributed by atoms with Crippen molar-refractivity contribution in [3.8, 4) is 6.07 Å². The van der Waals surface area contributed by atoms with Gasteiger partial charge in [0.15, 0.2) is 0 Å². The van der Waals surface area contributed by atoms with Gasteiger partial charge in [0.1, 0.15) is 27.6 Å². The minimum Gasteiger partial charge on any atom is -0.237 e. The summed E-state index contributed by atoms with van der Waals surface area (Å²) in [5.74, 6) is 1.26. The van der Waals surface area contributed by atoms with Gasteiger partial charge in [-0.05, 0) is 26.0 Å². The van der Waals surface area contributed by atoms with Gasteiger partial charge in [-0.1, -0.05) is 29.8 Å². The molecule has 0 saturated heterocycles. The van der Waals surface area contributed by atoms with E-state index in [-0.39, 0.29) is 0 Å². The smallest absolute Gasteiger partial charge is 0.133 e. The van der Waals surface area contributed by atoms with E-state index in [4.69, 9.17) is 11.6 Å². The van der Waals surface area contributed by atoms with Crippen LogP contribution in [0.5, 0.6) is 0 Å². The lowest BCUT2D eigenvalue weighted by molar-refractivity contribution is 0.923. The number of fused-ring (bicyclic) bond motifs is 1. The minimum atomic E-state index is 0.484. The third-order valence-electron chi connectivity index (χ3n) is 3.39. The van der Waals surface area contributed by atoms with Crippen LogP contribution in [0.3, 0.4) is 0 Å². The Morgan fingerprint density at radius 2 is 1.96 bits per heavy atom. The molecule has 0 bridgehead atoms. The van der Waals surface area contributed by atoms with Crippen LogP contribution in [0.25, 0.3) is 10.9 Å². The van der Waals surface area contributed by atoms with E-state index in [1.807, 2.05) is 44.2 Å². The number of aromatic nitrogens is 3. The van der Waals surface area contributed by atoms with Gasteiger partial charge in [-0.2, -0.15) is 5.26 Å². The molecule has 6 heteroatoms. The SMILES string of the molecule is Cc1nc(C)c(C#N)c(SCc2cc3ccccc3nc2Cl)n1. The Morgan fingerprint density at radius 1 is 1.17 bits per heavy atom. The summed E-state index contributed by atoms with van der Waals surface area (Å²) in [6.45, 7) is 3.64. The molecule has 0 spiro atoms. The quantitative estimate of drug-likeness (QED) is 0.400. The number of aryl methyl sites for hydroxylation is 2. The fraction of sp³-hybridized carbons (Fsp3) is 0.176. The molecule has 3 aromatic rings. The van der Waals surface area contributed by atoms with E-state index in [0.717, 1.165) is 16.5 Å². The van der Waals surface area contributed by atoms with Crippen molar-refractivity contribution in [2.45, 2.75) is 24.6 Å². The van der Waals surface area contributed by atoms with Gasteiger partial charge in [0, 0.05) is 16.7 Å². The first kappa shape index (κ1) is 15.7. The van der Waals surface area contributed by atoms with E-state index in [9.17, 15) is 5.26 Å². The second-order valence-corrected chi connectivity index (χ2v) is 6.39. The lowest BCUT2D eigenvalue weighted by Gasteiger charge is -2.08. The fourth-order valence-corrected chi connectivity index (χ4v) is 3.64. The summed E-state index contributed by atoms with van der Waals surface area (Å²) in [6.07, 6.45) is 0. The number of para-hydroxylation sites is 1. The zero-order valence-corrected chi connectivity index (χ0v) is 14.2. The molecule has 0 saturated carbocycles. The monoisotopic (exact) mass is 340 g/mol. The molecule has 0 aliphatic heterocycles. The zero-order valence-electron chi connectivity index (χ0n) is 12.7. The maximum Gasteiger partial charge on any atom is 0.133 e. The highest BCUT2D eigenvalue weighted by Gasteiger charge is 2.12. The van der Waals surface area contributed by atoms with E-state index in [0.29, 0.717) is 33.0 Å². The predicted molar refractivity (Wildman–Crippen MR) is 92.5 cm³/mol. The number of nitriles is 1. The van der Waals surface area contributed by atoms with Crippen LogP contribution < -0.4 is 0 Å². The average molecular weight is 341 g/mol. The van der Waals surface area contributed by atoms with Crippen LogP contribution in [0.4, 0.5) is 0 Å². The number of pyridine rings is 1. The molecule has 1 aromatic carbocycles. The number of thioether (sulfide) groups is 1. The largest absolute Gasteiger partial charge is 0.237 e. The van der Waals surface area contributed by atoms with Gasteiger partial charge < -0.3 is 0 Å². The molecule has 4 nitrogen and oxygen atoms in total. The molecule has 0 unspecified atom stereocenters. The molecule has 0 amide bonds. The van der Waals surface area contributed by atoms with Crippen LogP contribution in [0, 0.1) is 25.2 Å². The van der Waals surface area contributed by atoms with Crippen molar-refractivity contribution in [1.29, 1.82) is 5.26 Å². The number of hydrogen-bond acceptors (Lipinski definition) is 5. The Balaban J connectivity index is 1.92. The van der Waals surface area contributed by atoms with Crippen LogP contribution in [0.15, 0.2) is 35.4 Å². The van der Waals surface area contributed by atoms with Crippen LogP contribution in [0.2, 0.25) is 5.15 Å². The minimum absolute atomic E-state index is 0.484. The van der Waals surface area contributed by atoms with Gasteiger partial charge in [0.05, 0.1) is 11.2 Å². The third-order valence-corrected chi connectivity index (χ3v) is 4.75. The second-order valence-electron chi connectivity index (χ2n) is 5.07. The topological polar surface area (TPSA) is 62.5 Å². The van der Waals surface area contributed by atoms with Crippen LogP contribution in [0.1, 0.15) is 22.6 Å². The van der Waals surface area contributed by atoms with Crippen molar-refractivity contribution >= 4 is 34.3 Å². The standard InChI is InChI=1S/C17H13ClN4S/c1-10-14(8-19)17(21-11(2)20-10)23-9-13-7-12-5-3-4-6-15(12)22-16(13)18/h3-7H,9H2,1-2H3. The van der Waals surface area contributed by atoms with Gasteiger partial charge in [0.25, 0.3) is 0 Å². The van der Waals surface area contributed by atoms with Gasteiger partial charge >= 0.3 is 0 Å². The Kier molecular flexibility index (Phi) is 4.46. The lowest BCUT2D eigenvalue weighted by Crippen LogP contribution is -1.99. The maximum atomic E-state index is 9.30. The summed E-state index contributed by atoms with van der Waals surface area (Å²) in [5, 5.41) is 11.5. The summed E-state index contributed by atoms with van der Waals surface area (Å²) in [4.78, 5) is 13.0. The molecule has 0 N–H and O–H groups in total. The van der Waals surface area contributed by atoms with Crippen molar-refractivity contribution < 1.29 is 0 Å². The Morgan fingerprint density at radius 3 is 2.74 bits per heavy atom. The van der Waals surface area contributed by atoms with E-state index >= 15 is 0 Å². The molecular formula is C17H13ClN4S. The molecular weight excluding hydrogens is 328 g/mol. The highest BCUT2D eigenvalue weighted by Crippen LogP contribution is 2.29. The number of benzene rings is 1. The fourth-order valence-electron chi connectivity index (χ4n) is 2.30. The number of rotatable bonds is 3. The van der Waals surface area contributed by atoms with E-state index < -0.39 is 0 Å². The van der Waals surface area contributed by atoms with Crippen LogP contribution in [-0.2, 0) is 5.75 Å². The van der Waals surface area contributed by atoms with Crippen molar-refractivity contribution in [3.05, 3.63) is 58.1 Å². The zero-order chi connectivity index (χ0) is 16.4. The van der Waals surface area contributed by atoms with Gasteiger partial charge in [-0.3, -0.25) is 0 Å². The number of hydrogen-bond donors (Lipinski definition) is 0. The normalized spacial score (nSPS) is 10.7. The maximum absolute atomic E-state index is 9.30. The molecule has 0 radical (unpaired) electrons. The summed E-state index contributed by atoms with van der Waals surface area (Å²) in [6, 6.07) is 12.1. The van der Waals surface area contributed by atoms with Crippen LogP contribution >= 0.6 is 23.4 Å². The first-order valence-corrected chi connectivity index (χ1v) is 8.37. The van der Waals surface area contributed by atoms with Gasteiger partial charge in [-0.25, -0.2) is 15.0 Å². The lowest BCUT2D eigenvalue weighted by atomic mass is 10.2. The number of halogens is 1. The highest BCUT2D eigenvalue weighted by molar-refractivity contribution is 7.98. The molecule has 0 fully saturated rings. The summed E-state index contributed by atoms with van der Waals surface area (Å²) in [7, 11) is 0. The van der Waals surface area contributed by atoms with E-state index in [2.05, 4.69) is 21.0 Å². The van der Waals surface area contributed by atoms with E-state index in [1.165, 1.54) is 11.8 Å². The molecule has 2 heterocycles. The second kappa shape index (κ2) is 6.53. The summed E-state index contributed by atoms with van der Waals surface area (Å²) in [5.41, 5.74) is 3.02. The first-order chi connectivity index (χ1) is 11.1. The van der Waals surface area contributed by atoms with Crippen molar-refractivity contribution in [1.82, 2.24) is 15.0 Å². The Bertz CT molecular complexity index is 934. The van der Waals surface area contributed by atoms with Crippen molar-refractivity contribution in [2.75, 3.05) is 0 Å². The van der Waals surface area contributed by atoms with Gasteiger partial charge in [0.2, 0.25) is 0 Å². The van der Waals surface area contributed by atoms with Crippen LogP contribution in [-0.4, -0.2) is 15.0 Å². The third kappa shape index (κ3) is 3.29. The van der Waals surface area contributed by atoms with Crippen molar-refractivity contribution in [2.24, 2.45) is 0 Å². The Hall–Kier alpha value is -2.16. The van der Waals surface area contributed by atoms with Gasteiger partial charge in [-0.15, -0.1) is 11.8 Å². The number of nitrogens with zero attached hydrogens (tertiary/aromatic N) is 4. The molecule has 114 valence electrons. The average Bonchev–Trinajstić information content (AvgIpc) is 2.52. The molecule has 3 rings (SSSR count). The highest BCUT2D eigenvalue weighted by atomic mass is 35.5.